The smallest absolute Gasteiger partial charge is 0.338 e. The molecule has 0 saturated heterocycles. The minimum Gasteiger partial charge on any atom is -0.495 e. The lowest BCUT2D eigenvalue weighted by molar-refractivity contribution is 0.0504. The Hall–Kier alpha value is -2.65. The third kappa shape index (κ3) is 5.24. The first-order valence-electron chi connectivity index (χ1n) is 8.56. The summed E-state index contributed by atoms with van der Waals surface area (Å²) in [6.07, 6.45) is 0.645. The summed E-state index contributed by atoms with van der Waals surface area (Å²) in [5.41, 5.74) is 0.179. The van der Waals surface area contributed by atoms with Crippen molar-refractivity contribution < 1.29 is 32.2 Å². The lowest BCUT2D eigenvalue weighted by Crippen LogP contribution is -2.16. The molecule has 0 atom stereocenters. The van der Waals surface area contributed by atoms with Crippen LogP contribution in [0.15, 0.2) is 35.2 Å². The van der Waals surface area contributed by atoms with Crippen LogP contribution in [-0.4, -0.2) is 42.3 Å². The summed E-state index contributed by atoms with van der Waals surface area (Å²) in [7, 11) is -0.0267. The van der Waals surface area contributed by atoms with Crippen molar-refractivity contribution in [2.45, 2.75) is 18.2 Å². The van der Waals surface area contributed by atoms with Crippen LogP contribution in [0.2, 0.25) is 5.02 Å². The van der Waals surface area contributed by atoms with E-state index in [1.165, 1.54) is 51.7 Å². The molecule has 0 aliphatic rings. The average molecular weight is 444 g/mol. The van der Waals surface area contributed by atoms with Crippen molar-refractivity contribution in [3.8, 4) is 17.2 Å². The van der Waals surface area contributed by atoms with Gasteiger partial charge in [0.1, 0.15) is 22.1 Å². The average Bonchev–Trinajstić information content (AvgIpc) is 2.71. The van der Waals surface area contributed by atoms with E-state index in [0.29, 0.717) is 12.2 Å². The Labute approximate surface area is 174 Å². The summed E-state index contributed by atoms with van der Waals surface area (Å²) in [6.45, 7) is 2.08. The van der Waals surface area contributed by atoms with Gasteiger partial charge in [-0.1, -0.05) is 18.5 Å². The maximum Gasteiger partial charge on any atom is 0.338 e. The van der Waals surface area contributed by atoms with E-state index >= 15 is 0 Å². The highest BCUT2D eigenvalue weighted by Gasteiger charge is 2.24. The van der Waals surface area contributed by atoms with Crippen molar-refractivity contribution in [2.24, 2.45) is 0 Å². The van der Waals surface area contributed by atoms with Crippen molar-refractivity contribution in [3.05, 3.63) is 40.9 Å². The number of nitrogens with one attached hydrogen (secondary N) is 1. The zero-order valence-electron chi connectivity index (χ0n) is 16.4. The van der Waals surface area contributed by atoms with E-state index < -0.39 is 16.0 Å². The number of hydrogen-bond donors (Lipinski definition) is 1. The van der Waals surface area contributed by atoms with Gasteiger partial charge in [-0.2, -0.15) is 0 Å². The van der Waals surface area contributed by atoms with Gasteiger partial charge in [0, 0.05) is 6.07 Å². The Kier molecular flexibility index (Phi) is 7.58. The van der Waals surface area contributed by atoms with Gasteiger partial charge in [-0.25, -0.2) is 13.2 Å². The molecule has 2 aromatic carbocycles. The van der Waals surface area contributed by atoms with E-state index in [-0.39, 0.29) is 39.3 Å². The quantitative estimate of drug-likeness (QED) is 0.589. The topological polar surface area (TPSA) is 100 Å². The molecule has 2 rings (SSSR count). The van der Waals surface area contributed by atoms with Gasteiger partial charge in [0.05, 0.1) is 44.2 Å². The first-order valence-corrected chi connectivity index (χ1v) is 10.4. The van der Waals surface area contributed by atoms with Crippen LogP contribution in [0.25, 0.3) is 0 Å². The Morgan fingerprint density at radius 2 is 1.66 bits per heavy atom. The molecule has 0 aliphatic carbocycles. The number of halogens is 1. The normalized spacial score (nSPS) is 10.9. The second-order valence-corrected chi connectivity index (χ2v) is 7.85. The summed E-state index contributed by atoms with van der Waals surface area (Å²) in [5.74, 6) is -0.0452. The number of ether oxygens (including phenoxy) is 4. The third-order valence-electron chi connectivity index (χ3n) is 3.84. The minimum absolute atomic E-state index is 0.0584. The predicted octanol–water partition coefficient (Wildman–Crippen LogP) is 3.73. The molecule has 158 valence electrons. The van der Waals surface area contributed by atoms with E-state index in [0.717, 1.165) is 0 Å². The molecule has 0 heterocycles. The number of benzene rings is 2. The van der Waals surface area contributed by atoms with Crippen LogP contribution in [0.4, 0.5) is 5.69 Å². The Morgan fingerprint density at radius 3 is 2.24 bits per heavy atom. The zero-order valence-corrected chi connectivity index (χ0v) is 18.0. The standard InChI is InChI=1S/C19H22ClNO7S/c1-5-8-28-19(22)12-6-7-15(25-2)18(9-12)29(23,24)21-14-10-13(20)16(26-3)11-17(14)27-4/h6-7,9-11,21H,5,8H2,1-4H3. The third-order valence-corrected chi connectivity index (χ3v) is 5.53. The van der Waals surface area contributed by atoms with Crippen LogP contribution in [0.3, 0.4) is 0 Å². The molecule has 1 N–H and O–H groups in total. The lowest BCUT2D eigenvalue weighted by Gasteiger charge is -2.16. The molecule has 0 radical (unpaired) electrons. The number of carbonyl (C=O) groups excluding carboxylic acids is 1. The molecule has 0 saturated carbocycles. The molecular weight excluding hydrogens is 422 g/mol. The molecule has 29 heavy (non-hydrogen) atoms. The maximum atomic E-state index is 13.0. The first kappa shape index (κ1) is 22.6. The van der Waals surface area contributed by atoms with E-state index in [4.69, 9.17) is 30.5 Å². The number of carbonyl (C=O) groups is 1. The second kappa shape index (κ2) is 9.71. The number of rotatable bonds is 9. The largest absolute Gasteiger partial charge is 0.495 e. The van der Waals surface area contributed by atoms with Crippen molar-refractivity contribution in [1.82, 2.24) is 0 Å². The van der Waals surface area contributed by atoms with Crippen LogP contribution in [0.1, 0.15) is 23.7 Å². The van der Waals surface area contributed by atoms with Crippen molar-refractivity contribution in [3.63, 3.8) is 0 Å². The fraction of sp³-hybridized carbons (Fsp3) is 0.316. The highest BCUT2D eigenvalue weighted by atomic mass is 35.5. The number of methoxy groups -OCH3 is 3. The molecule has 0 unspecified atom stereocenters. The predicted molar refractivity (Wildman–Crippen MR) is 109 cm³/mol. The van der Waals surface area contributed by atoms with Crippen LogP contribution in [0, 0.1) is 0 Å². The number of anilines is 1. The van der Waals surface area contributed by atoms with Crippen LogP contribution in [-0.2, 0) is 14.8 Å². The van der Waals surface area contributed by atoms with Gasteiger partial charge in [0.25, 0.3) is 10.0 Å². The van der Waals surface area contributed by atoms with Gasteiger partial charge in [0.15, 0.2) is 0 Å². The van der Waals surface area contributed by atoms with E-state index in [1.54, 1.807) is 0 Å². The summed E-state index contributed by atoms with van der Waals surface area (Å²) in [4.78, 5) is 11.9. The molecule has 8 nitrogen and oxygen atoms in total. The zero-order chi connectivity index (χ0) is 21.6. The van der Waals surface area contributed by atoms with E-state index in [2.05, 4.69) is 4.72 Å². The lowest BCUT2D eigenvalue weighted by atomic mass is 10.2. The Balaban J connectivity index is 2.47. The maximum absolute atomic E-state index is 13.0. The Morgan fingerprint density at radius 1 is 1.00 bits per heavy atom. The van der Waals surface area contributed by atoms with Gasteiger partial charge in [-0.05, 0) is 30.7 Å². The molecule has 0 bridgehead atoms. The number of esters is 1. The van der Waals surface area contributed by atoms with Gasteiger partial charge in [-0.3, -0.25) is 4.72 Å². The van der Waals surface area contributed by atoms with Crippen LogP contribution < -0.4 is 18.9 Å². The van der Waals surface area contributed by atoms with E-state index in [9.17, 15) is 13.2 Å². The van der Waals surface area contributed by atoms with Crippen LogP contribution in [0.5, 0.6) is 17.2 Å². The molecule has 0 spiro atoms. The SMILES string of the molecule is CCCOC(=O)c1ccc(OC)c(S(=O)(=O)Nc2cc(Cl)c(OC)cc2OC)c1. The fourth-order valence-electron chi connectivity index (χ4n) is 2.43. The first-order chi connectivity index (χ1) is 13.8. The molecule has 0 fully saturated rings. The summed E-state index contributed by atoms with van der Waals surface area (Å²) < 4.78 is 49.0. The molecule has 0 amide bonds. The molecule has 2 aromatic rings. The van der Waals surface area contributed by atoms with Gasteiger partial charge >= 0.3 is 5.97 Å². The van der Waals surface area contributed by atoms with Crippen molar-refractivity contribution in [2.75, 3.05) is 32.7 Å². The van der Waals surface area contributed by atoms with Crippen LogP contribution >= 0.6 is 11.6 Å². The highest BCUT2D eigenvalue weighted by molar-refractivity contribution is 7.92. The van der Waals surface area contributed by atoms with Crippen molar-refractivity contribution >= 4 is 33.3 Å². The summed E-state index contributed by atoms with van der Waals surface area (Å²) in [6, 6.07) is 6.82. The van der Waals surface area contributed by atoms with Gasteiger partial charge < -0.3 is 18.9 Å². The summed E-state index contributed by atoms with van der Waals surface area (Å²) >= 11 is 6.11. The van der Waals surface area contributed by atoms with E-state index in [1.807, 2.05) is 6.92 Å². The highest BCUT2D eigenvalue weighted by Crippen LogP contribution is 2.37. The molecule has 10 heteroatoms. The molecule has 0 aromatic heterocycles. The summed E-state index contributed by atoms with van der Waals surface area (Å²) in [5, 5.41) is 0.190. The van der Waals surface area contributed by atoms with Crippen molar-refractivity contribution in [1.29, 1.82) is 0 Å². The van der Waals surface area contributed by atoms with Gasteiger partial charge in [-0.15, -0.1) is 0 Å². The monoisotopic (exact) mass is 443 g/mol. The second-order valence-electron chi connectivity index (χ2n) is 5.79. The van der Waals surface area contributed by atoms with Gasteiger partial charge in [0.2, 0.25) is 0 Å². The number of sulfonamides is 1. The minimum atomic E-state index is -4.16. The molecular formula is C19H22ClNO7S. The molecule has 0 aliphatic heterocycles. The number of hydrogen-bond acceptors (Lipinski definition) is 7. The fourth-order valence-corrected chi connectivity index (χ4v) is 3.93. The Bertz CT molecular complexity index is 992.